The summed E-state index contributed by atoms with van der Waals surface area (Å²) in [7, 11) is -3.39. The summed E-state index contributed by atoms with van der Waals surface area (Å²) < 4.78 is 25.3. The fourth-order valence-electron chi connectivity index (χ4n) is 1.92. The molecule has 1 aliphatic heterocycles. The molecule has 98 valence electrons. The van der Waals surface area contributed by atoms with Gasteiger partial charge in [0.15, 0.2) is 0 Å². The smallest absolute Gasteiger partial charge is 0.247 e. The van der Waals surface area contributed by atoms with Gasteiger partial charge in [0.1, 0.15) is 0 Å². The van der Waals surface area contributed by atoms with Crippen molar-refractivity contribution >= 4 is 15.9 Å². The second-order valence-electron chi connectivity index (χ2n) is 4.65. The van der Waals surface area contributed by atoms with Gasteiger partial charge in [0.25, 0.3) is 0 Å². The van der Waals surface area contributed by atoms with Crippen LogP contribution in [-0.4, -0.2) is 57.2 Å². The van der Waals surface area contributed by atoms with Gasteiger partial charge in [0.2, 0.25) is 15.9 Å². The van der Waals surface area contributed by atoms with Crippen molar-refractivity contribution in [3.05, 3.63) is 0 Å². The van der Waals surface area contributed by atoms with Gasteiger partial charge in [0.05, 0.1) is 11.8 Å². The molecule has 1 saturated carbocycles. The van der Waals surface area contributed by atoms with Gasteiger partial charge in [-0.1, -0.05) is 0 Å². The number of amides is 1. The standard InChI is InChI=1S/C10H19N3O3S/c14-10(12-17(15,16)9-2-3-9)8-13-6-1-4-11-5-7-13/h9,11H,1-8H2,(H,12,14). The molecule has 6 nitrogen and oxygen atoms in total. The Morgan fingerprint density at radius 3 is 2.76 bits per heavy atom. The minimum atomic E-state index is -3.39. The fourth-order valence-corrected chi connectivity index (χ4v) is 3.22. The van der Waals surface area contributed by atoms with Crippen molar-refractivity contribution < 1.29 is 13.2 Å². The summed E-state index contributed by atoms with van der Waals surface area (Å²) in [6.45, 7) is 3.61. The van der Waals surface area contributed by atoms with Gasteiger partial charge in [-0.25, -0.2) is 8.42 Å². The van der Waals surface area contributed by atoms with Crippen molar-refractivity contribution in [2.75, 3.05) is 32.7 Å². The maximum absolute atomic E-state index is 11.6. The lowest BCUT2D eigenvalue weighted by atomic mass is 10.4. The molecular weight excluding hydrogens is 242 g/mol. The first-order valence-electron chi connectivity index (χ1n) is 6.05. The van der Waals surface area contributed by atoms with E-state index in [1.165, 1.54) is 0 Å². The zero-order chi connectivity index (χ0) is 12.3. The number of rotatable bonds is 4. The Hall–Kier alpha value is -0.660. The van der Waals surface area contributed by atoms with Crippen LogP contribution in [0.5, 0.6) is 0 Å². The van der Waals surface area contributed by atoms with Crippen LogP contribution in [0, 0.1) is 0 Å². The molecule has 1 saturated heterocycles. The van der Waals surface area contributed by atoms with Crippen LogP contribution >= 0.6 is 0 Å². The Labute approximate surface area is 102 Å². The van der Waals surface area contributed by atoms with Crippen LogP contribution in [0.25, 0.3) is 0 Å². The Kier molecular flexibility index (Phi) is 4.01. The van der Waals surface area contributed by atoms with E-state index in [0.717, 1.165) is 32.6 Å². The predicted octanol–water partition coefficient (Wildman–Crippen LogP) is -1.11. The zero-order valence-corrected chi connectivity index (χ0v) is 10.6. The van der Waals surface area contributed by atoms with Gasteiger partial charge in [-0.15, -0.1) is 0 Å². The van der Waals surface area contributed by atoms with Crippen LogP contribution in [0.15, 0.2) is 0 Å². The quantitative estimate of drug-likeness (QED) is 0.671. The van der Waals surface area contributed by atoms with Crippen LogP contribution in [0.4, 0.5) is 0 Å². The van der Waals surface area contributed by atoms with Crippen LogP contribution in [0.2, 0.25) is 0 Å². The topological polar surface area (TPSA) is 78.5 Å². The third-order valence-electron chi connectivity index (χ3n) is 3.02. The monoisotopic (exact) mass is 261 g/mol. The van der Waals surface area contributed by atoms with Gasteiger partial charge in [-0.2, -0.15) is 0 Å². The van der Waals surface area contributed by atoms with Gasteiger partial charge >= 0.3 is 0 Å². The molecule has 1 heterocycles. The van der Waals surface area contributed by atoms with Gasteiger partial charge in [0, 0.05) is 13.1 Å². The third kappa shape index (κ3) is 3.93. The Morgan fingerprint density at radius 2 is 2.06 bits per heavy atom. The summed E-state index contributed by atoms with van der Waals surface area (Å²) >= 11 is 0. The molecule has 2 rings (SSSR count). The average Bonchev–Trinajstić information content (AvgIpc) is 3.04. The van der Waals surface area contributed by atoms with E-state index in [2.05, 4.69) is 10.0 Å². The molecule has 0 radical (unpaired) electrons. The average molecular weight is 261 g/mol. The fraction of sp³-hybridized carbons (Fsp3) is 0.900. The summed E-state index contributed by atoms with van der Waals surface area (Å²) in [4.78, 5) is 13.6. The lowest BCUT2D eigenvalue weighted by molar-refractivity contribution is -0.120. The molecule has 1 amide bonds. The molecule has 0 aromatic carbocycles. The summed E-state index contributed by atoms with van der Waals surface area (Å²) in [5.74, 6) is -0.404. The van der Waals surface area contributed by atoms with E-state index >= 15 is 0 Å². The van der Waals surface area contributed by atoms with Crippen LogP contribution < -0.4 is 10.0 Å². The van der Waals surface area contributed by atoms with Crippen molar-refractivity contribution in [2.45, 2.75) is 24.5 Å². The number of sulfonamides is 1. The molecule has 7 heteroatoms. The highest BCUT2D eigenvalue weighted by Gasteiger charge is 2.36. The highest BCUT2D eigenvalue weighted by atomic mass is 32.2. The second-order valence-corrected chi connectivity index (χ2v) is 6.61. The highest BCUT2D eigenvalue weighted by molar-refractivity contribution is 7.90. The molecule has 0 atom stereocenters. The van der Waals surface area contributed by atoms with Crippen LogP contribution in [-0.2, 0) is 14.8 Å². The molecule has 0 aromatic heterocycles. The van der Waals surface area contributed by atoms with Crippen LogP contribution in [0.1, 0.15) is 19.3 Å². The minimum absolute atomic E-state index is 0.174. The van der Waals surface area contributed by atoms with E-state index < -0.39 is 15.9 Å². The highest BCUT2D eigenvalue weighted by Crippen LogP contribution is 2.27. The van der Waals surface area contributed by atoms with Crippen molar-refractivity contribution in [3.8, 4) is 0 Å². The number of hydrogen-bond donors (Lipinski definition) is 2. The molecule has 0 unspecified atom stereocenters. The predicted molar refractivity (Wildman–Crippen MR) is 64.0 cm³/mol. The maximum Gasteiger partial charge on any atom is 0.247 e. The second kappa shape index (κ2) is 5.32. The summed E-state index contributed by atoms with van der Waals surface area (Å²) in [5.41, 5.74) is 0. The normalized spacial score (nSPS) is 23.1. The lowest BCUT2D eigenvalue weighted by Crippen LogP contribution is -2.42. The van der Waals surface area contributed by atoms with Gasteiger partial charge in [-0.3, -0.25) is 14.4 Å². The lowest BCUT2D eigenvalue weighted by Gasteiger charge is -2.18. The van der Waals surface area contributed by atoms with Gasteiger partial charge in [-0.05, 0) is 32.4 Å². The SMILES string of the molecule is O=C(CN1CCCNCC1)NS(=O)(=O)C1CC1. The Balaban J connectivity index is 1.79. The molecule has 2 aliphatic rings. The van der Waals surface area contributed by atoms with E-state index in [-0.39, 0.29) is 11.8 Å². The molecular formula is C10H19N3O3S. The Morgan fingerprint density at radius 1 is 1.29 bits per heavy atom. The number of nitrogens with zero attached hydrogens (tertiary/aromatic N) is 1. The summed E-state index contributed by atoms with van der Waals surface area (Å²) in [6.07, 6.45) is 2.34. The first-order chi connectivity index (χ1) is 8.08. The number of carbonyl (C=O) groups is 1. The molecule has 0 spiro atoms. The Bertz CT molecular complexity index is 370. The summed E-state index contributed by atoms with van der Waals surface area (Å²) in [6, 6.07) is 0. The van der Waals surface area contributed by atoms with Crippen molar-refractivity contribution in [2.24, 2.45) is 0 Å². The zero-order valence-electron chi connectivity index (χ0n) is 9.81. The molecule has 1 aliphatic carbocycles. The van der Waals surface area contributed by atoms with E-state index in [0.29, 0.717) is 12.8 Å². The van der Waals surface area contributed by atoms with E-state index in [9.17, 15) is 13.2 Å². The van der Waals surface area contributed by atoms with E-state index in [1.807, 2.05) is 4.90 Å². The van der Waals surface area contributed by atoms with Gasteiger partial charge < -0.3 is 5.32 Å². The molecule has 2 N–H and O–H groups in total. The molecule has 2 fully saturated rings. The number of carbonyl (C=O) groups excluding carboxylic acids is 1. The minimum Gasteiger partial charge on any atom is -0.315 e. The number of hydrogen-bond acceptors (Lipinski definition) is 5. The summed E-state index contributed by atoms with van der Waals surface area (Å²) in [5, 5.41) is 2.90. The maximum atomic E-state index is 11.6. The first-order valence-corrected chi connectivity index (χ1v) is 7.60. The van der Waals surface area contributed by atoms with E-state index in [1.54, 1.807) is 0 Å². The number of nitrogens with one attached hydrogen (secondary N) is 2. The molecule has 0 aromatic rings. The van der Waals surface area contributed by atoms with Crippen molar-refractivity contribution in [1.82, 2.24) is 14.9 Å². The van der Waals surface area contributed by atoms with Crippen LogP contribution in [0.3, 0.4) is 0 Å². The third-order valence-corrected chi connectivity index (χ3v) is 4.88. The molecule has 17 heavy (non-hydrogen) atoms. The van der Waals surface area contributed by atoms with Crippen molar-refractivity contribution in [3.63, 3.8) is 0 Å². The van der Waals surface area contributed by atoms with E-state index in [4.69, 9.17) is 0 Å². The first kappa shape index (κ1) is 12.8. The molecule has 0 bridgehead atoms. The largest absolute Gasteiger partial charge is 0.315 e. The van der Waals surface area contributed by atoms with Crippen molar-refractivity contribution in [1.29, 1.82) is 0 Å².